The summed E-state index contributed by atoms with van der Waals surface area (Å²) in [4.78, 5) is 11.5. The van der Waals surface area contributed by atoms with Gasteiger partial charge in [0.25, 0.3) is 0 Å². The van der Waals surface area contributed by atoms with Crippen molar-refractivity contribution in [2.45, 2.75) is 22.8 Å². The van der Waals surface area contributed by atoms with E-state index in [1.54, 1.807) is 12.2 Å². The summed E-state index contributed by atoms with van der Waals surface area (Å²) in [6, 6.07) is -0.723. The van der Waals surface area contributed by atoms with E-state index in [0.717, 1.165) is 5.70 Å². The summed E-state index contributed by atoms with van der Waals surface area (Å²) < 4.78 is 3.67. The van der Waals surface area contributed by atoms with E-state index in [1.807, 2.05) is 6.08 Å². The molecule has 3 unspecified atom stereocenters. The average Bonchev–Trinajstić information content (AvgIpc) is 2.26. The summed E-state index contributed by atoms with van der Waals surface area (Å²) in [5.74, 6) is -0.555. The topological polar surface area (TPSA) is 64.3 Å². The van der Waals surface area contributed by atoms with Crippen LogP contribution in [0.4, 0.5) is 0 Å². The molecule has 0 amide bonds. The van der Waals surface area contributed by atoms with Gasteiger partial charge in [-0.1, -0.05) is 29.3 Å². The number of nitrogens with one attached hydrogen (secondary N) is 1. The largest absolute Gasteiger partial charge is 0.467 e. The monoisotopic (exact) mass is 312 g/mol. The average molecular weight is 314 g/mol. The first kappa shape index (κ1) is 15.6. The number of carbonyl (C=O) groups is 1. The van der Waals surface area contributed by atoms with Crippen molar-refractivity contribution in [1.29, 1.82) is 0 Å². The van der Waals surface area contributed by atoms with Crippen LogP contribution in [0.5, 0.6) is 0 Å². The first-order chi connectivity index (χ1) is 7.95. The SMILES string of the molecule is COC(=O)C1CC(N)C2C(=CC=CC2(Cl)Cl)N1.Cl. The fourth-order valence-corrected chi connectivity index (χ4v) is 3.02. The molecule has 0 aromatic rings. The van der Waals surface area contributed by atoms with Crippen LogP contribution in [0.3, 0.4) is 0 Å². The Morgan fingerprint density at radius 3 is 2.89 bits per heavy atom. The molecule has 3 N–H and O–H groups in total. The van der Waals surface area contributed by atoms with Crippen molar-refractivity contribution in [3.8, 4) is 0 Å². The van der Waals surface area contributed by atoms with Crippen LogP contribution in [0, 0.1) is 5.92 Å². The second kappa shape index (κ2) is 5.70. The van der Waals surface area contributed by atoms with E-state index in [9.17, 15) is 4.79 Å². The Hall–Kier alpha value is -0.420. The van der Waals surface area contributed by atoms with E-state index in [1.165, 1.54) is 7.11 Å². The zero-order valence-corrected chi connectivity index (χ0v) is 12.1. The zero-order chi connectivity index (χ0) is 12.6. The van der Waals surface area contributed by atoms with Crippen LogP contribution in [0.15, 0.2) is 23.9 Å². The van der Waals surface area contributed by atoms with Crippen molar-refractivity contribution < 1.29 is 9.53 Å². The van der Waals surface area contributed by atoms with Gasteiger partial charge in [-0.05, 0) is 18.6 Å². The number of esters is 1. The van der Waals surface area contributed by atoms with Gasteiger partial charge in [-0.25, -0.2) is 4.79 Å². The molecular weight excluding hydrogens is 298 g/mol. The molecule has 3 atom stereocenters. The van der Waals surface area contributed by atoms with E-state index in [0.29, 0.717) is 6.42 Å². The number of nitrogens with two attached hydrogens (primary N) is 1. The van der Waals surface area contributed by atoms with Crippen LogP contribution in [0.1, 0.15) is 6.42 Å². The molecule has 1 aliphatic carbocycles. The van der Waals surface area contributed by atoms with Crippen LogP contribution < -0.4 is 11.1 Å². The van der Waals surface area contributed by atoms with E-state index in [2.05, 4.69) is 5.32 Å². The highest BCUT2D eigenvalue weighted by molar-refractivity contribution is 6.50. The number of rotatable bonds is 1. The maximum Gasteiger partial charge on any atom is 0.328 e. The highest BCUT2D eigenvalue weighted by atomic mass is 35.5. The maximum absolute atomic E-state index is 11.5. The number of ether oxygens (including phenoxy) is 1. The lowest BCUT2D eigenvalue weighted by molar-refractivity contribution is -0.143. The number of alkyl halides is 2. The first-order valence-electron chi connectivity index (χ1n) is 5.33. The van der Waals surface area contributed by atoms with Crippen LogP contribution in [-0.2, 0) is 9.53 Å². The van der Waals surface area contributed by atoms with Gasteiger partial charge in [0.15, 0.2) is 0 Å². The molecule has 4 nitrogen and oxygen atoms in total. The lowest BCUT2D eigenvalue weighted by Crippen LogP contribution is -2.56. The van der Waals surface area contributed by atoms with Gasteiger partial charge in [0.05, 0.1) is 13.0 Å². The second-order valence-corrected chi connectivity index (χ2v) is 5.70. The molecule has 102 valence electrons. The van der Waals surface area contributed by atoms with Crippen LogP contribution in [0.25, 0.3) is 0 Å². The Kier molecular flexibility index (Phi) is 4.95. The molecular formula is C11H15Cl3N2O2. The van der Waals surface area contributed by atoms with E-state index < -0.39 is 10.4 Å². The molecule has 0 spiro atoms. The van der Waals surface area contributed by atoms with Crippen molar-refractivity contribution in [2.75, 3.05) is 7.11 Å². The minimum Gasteiger partial charge on any atom is -0.467 e. The van der Waals surface area contributed by atoms with E-state index in [4.69, 9.17) is 33.7 Å². The number of hydrogen-bond donors (Lipinski definition) is 2. The molecule has 1 heterocycles. The molecule has 7 heteroatoms. The molecule has 2 aliphatic rings. The normalized spacial score (nSPS) is 32.4. The van der Waals surface area contributed by atoms with Crippen molar-refractivity contribution in [3.05, 3.63) is 23.9 Å². The quantitative estimate of drug-likeness (QED) is 0.569. The van der Waals surface area contributed by atoms with Gasteiger partial charge in [0.1, 0.15) is 10.4 Å². The third-order valence-corrected chi connectivity index (χ3v) is 3.83. The van der Waals surface area contributed by atoms with Crippen molar-refractivity contribution >= 4 is 41.6 Å². The number of fused-ring (bicyclic) bond motifs is 1. The molecule has 0 saturated carbocycles. The highest BCUT2D eigenvalue weighted by Crippen LogP contribution is 2.42. The second-order valence-electron chi connectivity index (χ2n) is 4.25. The number of carbonyl (C=O) groups excluding carboxylic acids is 1. The van der Waals surface area contributed by atoms with Crippen molar-refractivity contribution in [2.24, 2.45) is 11.7 Å². The fraction of sp³-hybridized carbons (Fsp3) is 0.545. The van der Waals surface area contributed by atoms with Gasteiger partial charge in [-0.3, -0.25) is 0 Å². The predicted octanol–water partition coefficient (Wildman–Crippen LogP) is 1.51. The van der Waals surface area contributed by atoms with E-state index >= 15 is 0 Å². The third-order valence-electron chi connectivity index (χ3n) is 3.11. The number of allylic oxidation sites excluding steroid dienone is 3. The smallest absolute Gasteiger partial charge is 0.328 e. The van der Waals surface area contributed by atoms with Crippen LogP contribution >= 0.6 is 35.6 Å². The molecule has 0 bridgehead atoms. The standard InChI is InChI=1S/C11H14Cl2N2O2.ClH/c1-17-10(16)8-5-6(14)9-7(15-8)3-2-4-11(9,12)13;/h2-4,6,8-9,15H,5,14H2,1H3;1H. The number of methoxy groups -OCH3 is 1. The van der Waals surface area contributed by atoms with Gasteiger partial charge >= 0.3 is 5.97 Å². The predicted molar refractivity (Wildman–Crippen MR) is 73.9 cm³/mol. The van der Waals surface area contributed by atoms with E-state index in [-0.39, 0.29) is 30.3 Å². The third kappa shape index (κ3) is 2.77. The molecule has 18 heavy (non-hydrogen) atoms. The van der Waals surface area contributed by atoms with Gasteiger partial charge in [0, 0.05) is 11.7 Å². The Bertz CT molecular complexity index is 396. The summed E-state index contributed by atoms with van der Waals surface area (Å²) in [7, 11) is 1.35. The lowest BCUT2D eigenvalue weighted by Gasteiger charge is -2.42. The molecule has 1 saturated heterocycles. The molecule has 0 aromatic heterocycles. The van der Waals surface area contributed by atoms with Gasteiger partial charge in [0.2, 0.25) is 0 Å². The Morgan fingerprint density at radius 2 is 2.28 bits per heavy atom. The summed E-state index contributed by atoms with van der Waals surface area (Å²) in [5, 5.41) is 3.08. The molecule has 1 fully saturated rings. The zero-order valence-electron chi connectivity index (χ0n) is 9.73. The van der Waals surface area contributed by atoms with Crippen LogP contribution in [0.2, 0.25) is 0 Å². The van der Waals surface area contributed by atoms with Crippen LogP contribution in [-0.4, -0.2) is 29.5 Å². The first-order valence-corrected chi connectivity index (χ1v) is 6.08. The fourth-order valence-electron chi connectivity index (χ4n) is 2.31. The Labute approximate surface area is 122 Å². The van der Waals surface area contributed by atoms with Crippen molar-refractivity contribution in [3.63, 3.8) is 0 Å². The summed E-state index contributed by atoms with van der Waals surface area (Å²) in [6.07, 6.45) is 5.74. The highest BCUT2D eigenvalue weighted by Gasteiger charge is 2.46. The Balaban J connectivity index is 0.00000162. The summed E-state index contributed by atoms with van der Waals surface area (Å²) in [5.41, 5.74) is 6.84. The summed E-state index contributed by atoms with van der Waals surface area (Å²) in [6.45, 7) is 0. The number of halogens is 3. The molecule has 0 aromatic carbocycles. The van der Waals surface area contributed by atoms with Gasteiger partial charge < -0.3 is 15.8 Å². The lowest BCUT2D eigenvalue weighted by atomic mass is 9.81. The maximum atomic E-state index is 11.5. The number of piperidine rings is 1. The number of hydrogen-bond acceptors (Lipinski definition) is 4. The molecule has 1 aliphatic heterocycles. The minimum atomic E-state index is -1.03. The van der Waals surface area contributed by atoms with Gasteiger partial charge in [-0.15, -0.1) is 12.4 Å². The minimum absolute atomic E-state index is 0. The Morgan fingerprint density at radius 1 is 1.61 bits per heavy atom. The summed E-state index contributed by atoms with van der Waals surface area (Å²) >= 11 is 12.4. The van der Waals surface area contributed by atoms with Crippen molar-refractivity contribution in [1.82, 2.24) is 5.32 Å². The molecule has 0 radical (unpaired) electrons. The van der Waals surface area contributed by atoms with Gasteiger partial charge in [-0.2, -0.15) is 0 Å². The molecule has 2 rings (SSSR count).